The van der Waals surface area contributed by atoms with E-state index in [-0.39, 0.29) is 11.8 Å². The first kappa shape index (κ1) is 14.6. The molecule has 0 radical (unpaired) electrons. The van der Waals surface area contributed by atoms with Gasteiger partial charge in [-0.2, -0.15) is 5.10 Å². The van der Waals surface area contributed by atoms with E-state index in [1.54, 1.807) is 6.92 Å². The van der Waals surface area contributed by atoms with Gasteiger partial charge < -0.3 is 10.2 Å². The van der Waals surface area contributed by atoms with Gasteiger partial charge in [-0.1, -0.05) is 0 Å². The molecule has 1 saturated heterocycles. The maximum absolute atomic E-state index is 12.0. The van der Waals surface area contributed by atoms with Crippen LogP contribution in [0.3, 0.4) is 0 Å². The van der Waals surface area contributed by atoms with Crippen LogP contribution in [0.25, 0.3) is 0 Å². The molecule has 2 heterocycles. The Balaban J connectivity index is 1.78. The summed E-state index contributed by atoms with van der Waals surface area (Å²) in [6, 6.07) is 0. The highest BCUT2D eigenvalue weighted by atomic mass is 16.2. The standard InChI is InChI=1S/C14H22N4O2/c1-10-13(11(2)17-16-10)14(20)15-7-6-12(19)18-8-4-3-5-9-18/h3-9H2,1-2H3,(H,15,20)(H,16,17). The van der Waals surface area contributed by atoms with Gasteiger partial charge in [-0.3, -0.25) is 14.7 Å². The van der Waals surface area contributed by atoms with E-state index < -0.39 is 0 Å². The van der Waals surface area contributed by atoms with Gasteiger partial charge in [0.25, 0.3) is 5.91 Å². The summed E-state index contributed by atoms with van der Waals surface area (Å²) in [6.07, 6.45) is 3.75. The molecule has 0 spiro atoms. The first-order valence-electron chi connectivity index (χ1n) is 7.17. The summed E-state index contributed by atoms with van der Waals surface area (Å²) in [4.78, 5) is 25.9. The van der Waals surface area contributed by atoms with E-state index in [0.717, 1.165) is 31.6 Å². The van der Waals surface area contributed by atoms with Crippen molar-refractivity contribution in [3.05, 3.63) is 17.0 Å². The van der Waals surface area contributed by atoms with E-state index in [1.165, 1.54) is 6.42 Å². The fraction of sp³-hybridized carbons (Fsp3) is 0.643. The third-order valence-electron chi connectivity index (χ3n) is 3.69. The number of carbonyl (C=O) groups is 2. The number of nitrogens with one attached hydrogen (secondary N) is 2. The number of nitrogens with zero attached hydrogens (tertiary/aromatic N) is 2. The van der Waals surface area contributed by atoms with Crippen LogP contribution >= 0.6 is 0 Å². The molecule has 2 rings (SSSR count). The van der Waals surface area contributed by atoms with Gasteiger partial charge in [0.2, 0.25) is 5.91 Å². The lowest BCUT2D eigenvalue weighted by molar-refractivity contribution is -0.131. The van der Waals surface area contributed by atoms with Crippen LogP contribution in [0, 0.1) is 13.8 Å². The van der Waals surface area contributed by atoms with Gasteiger partial charge in [0.1, 0.15) is 0 Å². The zero-order valence-electron chi connectivity index (χ0n) is 12.2. The van der Waals surface area contributed by atoms with Crippen LogP contribution in [0.2, 0.25) is 0 Å². The Hall–Kier alpha value is -1.85. The second-order valence-electron chi connectivity index (χ2n) is 5.26. The van der Waals surface area contributed by atoms with Crippen molar-refractivity contribution in [3.8, 4) is 0 Å². The number of hydrogen-bond acceptors (Lipinski definition) is 3. The van der Waals surface area contributed by atoms with Crippen molar-refractivity contribution < 1.29 is 9.59 Å². The third kappa shape index (κ3) is 3.37. The Morgan fingerprint density at radius 2 is 1.95 bits per heavy atom. The number of piperidine rings is 1. The largest absolute Gasteiger partial charge is 0.351 e. The molecule has 2 N–H and O–H groups in total. The molecule has 6 nitrogen and oxygen atoms in total. The molecule has 1 aromatic rings. The Kier molecular flexibility index (Phi) is 4.76. The first-order valence-corrected chi connectivity index (χ1v) is 7.17. The average molecular weight is 278 g/mol. The molecule has 0 bridgehead atoms. The van der Waals surface area contributed by atoms with E-state index in [9.17, 15) is 9.59 Å². The molecular formula is C14H22N4O2. The summed E-state index contributed by atoms with van der Waals surface area (Å²) >= 11 is 0. The summed E-state index contributed by atoms with van der Waals surface area (Å²) in [7, 11) is 0. The normalized spacial score (nSPS) is 15.2. The Bertz CT molecular complexity index is 470. The monoisotopic (exact) mass is 278 g/mol. The van der Waals surface area contributed by atoms with Gasteiger partial charge in [-0.25, -0.2) is 0 Å². The Labute approximate surface area is 118 Å². The van der Waals surface area contributed by atoms with Gasteiger partial charge in [-0.05, 0) is 33.1 Å². The number of rotatable bonds is 4. The molecule has 1 aromatic heterocycles. The highest BCUT2D eigenvalue weighted by Gasteiger charge is 2.18. The van der Waals surface area contributed by atoms with Crippen molar-refractivity contribution in [2.24, 2.45) is 0 Å². The molecule has 0 saturated carbocycles. The van der Waals surface area contributed by atoms with Gasteiger partial charge in [0, 0.05) is 31.7 Å². The van der Waals surface area contributed by atoms with Crippen LogP contribution in [0.15, 0.2) is 0 Å². The van der Waals surface area contributed by atoms with Crippen molar-refractivity contribution in [3.63, 3.8) is 0 Å². The van der Waals surface area contributed by atoms with Gasteiger partial charge in [0.15, 0.2) is 0 Å². The number of aromatic amines is 1. The van der Waals surface area contributed by atoms with Crippen LogP contribution < -0.4 is 5.32 Å². The van der Waals surface area contributed by atoms with Crippen LogP contribution in [0.5, 0.6) is 0 Å². The smallest absolute Gasteiger partial charge is 0.255 e. The summed E-state index contributed by atoms with van der Waals surface area (Å²) in [5.41, 5.74) is 2.01. The molecular weight excluding hydrogens is 256 g/mol. The highest BCUT2D eigenvalue weighted by Crippen LogP contribution is 2.10. The van der Waals surface area contributed by atoms with Crippen molar-refractivity contribution in [2.75, 3.05) is 19.6 Å². The molecule has 0 atom stereocenters. The van der Waals surface area contributed by atoms with Gasteiger partial charge in [0.05, 0.1) is 11.3 Å². The van der Waals surface area contributed by atoms with E-state index in [2.05, 4.69) is 15.5 Å². The Morgan fingerprint density at radius 3 is 2.55 bits per heavy atom. The van der Waals surface area contributed by atoms with Crippen molar-refractivity contribution in [1.82, 2.24) is 20.4 Å². The number of amides is 2. The fourth-order valence-electron chi connectivity index (χ4n) is 2.56. The molecule has 2 amide bonds. The van der Waals surface area contributed by atoms with Crippen LogP contribution in [0.4, 0.5) is 0 Å². The molecule has 0 aliphatic carbocycles. The summed E-state index contributed by atoms with van der Waals surface area (Å²) in [6.45, 7) is 5.68. The minimum atomic E-state index is -0.166. The number of aromatic nitrogens is 2. The summed E-state index contributed by atoms with van der Waals surface area (Å²) < 4.78 is 0. The quantitative estimate of drug-likeness (QED) is 0.867. The number of carbonyl (C=O) groups excluding carboxylic acids is 2. The minimum absolute atomic E-state index is 0.130. The van der Waals surface area contributed by atoms with E-state index in [4.69, 9.17) is 0 Å². The summed E-state index contributed by atoms with van der Waals surface area (Å²) in [5, 5.41) is 9.57. The zero-order valence-corrected chi connectivity index (χ0v) is 12.2. The minimum Gasteiger partial charge on any atom is -0.351 e. The predicted octanol–water partition coefficient (Wildman–Crippen LogP) is 1.16. The van der Waals surface area contributed by atoms with Crippen LogP contribution in [-0.2, 0) is 4.79 Å². The fourth-order valence-corrected chi connectivity index (χ4v) is 2.56. The molecule has 0 unspecified atom stereocenters. The molecule has 20 heavy (non-hydrogen) atoms. The van der Waals surface area contributed by atoms with Gasteiger partial charge in [-0.15, -0.1) is 0 Å². The van der Waals surface area contributed by atoms with E-state index in [0.29, 0.717) is 24.2 Å². The zero-order chi connectivity index (χ0) is 14.5. The molecule has 0 aromatic carbocycles. The number of hydrogen-bond donors (Lipinski definition) is 2. The maximum Gasteiger partial charge on any atom is 0.255 e. The topological polar surface area (TPSA) is 78.1 Å². The molecule has 1 fully saturated rings. The molecule has 1 aliphatic heterocycles. The first-order chi connectivity index (χ1) is 9.59. The predicted molar refractivity (Wildman–Crippen MR) is 75.4 cm³/mol. The van der Waals surface area contributed by atoms with Crippen molar-refractivity contribution in [1.29, 1.82) is 0 Å². The lowest BCUT2D eigenvalue weighted by atomic mass is 10.1. The van der Waals surface area contributed by atoms with Crippen molar-refractivity contribution in [2.45, 2.75) is 39.5 Å². The van der Waals surface area contributed by atoms with Crippen LogP contribution in [0.1, 0.15) is 47.4 Å². The lowest BCUT2D eigenvalue weighted by Gasteiger charge is -2.26. The lowest BCUT2D eigenvalue weighted by Crippen LogP contribution is -2.37. The highest BCUT2D eigenvalue weighted by molar-refractivity contribution is 5.96. The molecule has 1 aliphatic rings. The molecule has 110 valence electrons. The average Bonchev–Trinajstić information content (AvgIpc) is 2.79. The second-order valence-corrected chi connectivity index (χ2v) is 5.26. The summed E-state index contributed by atoms with van der Waals surface area (Å²) in [5.74, 6) is -0.0363. The Morgan fingerprint density at radius 1 is 1.25 bits per heavy atom. The number of H-pyrrole nitrogens is 1. The van der Waals surface area contributed by atoms with E-state index in [1.807, 2.05) is 11.8 Å². The molecule has 6 heteroatoms. The third-order valence-corrected chi connectivity index (χ3v) is 3.69. The maximum atomic E-state index is 12.0. The second kappa shape index (κ2) is 6.54. The van der Waals surface area contributed by atoms with Gasteiger partial charge >= 0.3 is 0 Å². The number of likely N-dealkylation sites (tertiary alicyclic amines) is 1. The number of aryl methyl sites for hydroxylation is 2. The van der Waals surface area contributed by atoms with Crippen LogP contribution in [-0.4, -0.2) is 46.5 Å². The SMILES string of the molecule is Cc1n[nH]c(C)c1C(=O)NCCC(=O)N1CCCCC1. The van der Waals surface area contributed by atoms with Crippen molar-refractivity contribution >= 4 is 11.8 Å². The van der Waals surface area contributed by atoms with E-state index >= 15 is 0 Å².